The Hall–Kier alpha value is -1.55. The van der Waals surface area contributed by atoms with Crippen LogP contribution in [0.2, 0.25) is 0 Å². The molecule has 1 aliphatic heterocycles. The molecule has 0 aliphatic carbocycles. The van der Waals surface area contributed by atoms with E-state index in [0.717, 1.165) is 12.1 Å². The molecule has 0 spiro atoms. The predicted octanol–water partition coefficient (Wildman–Crippen LogP) is 0.829. The second kappa shape index (κ2) is 9.09. The predicted molar refractivity (Wildman–Crippen MR) is 99.8 cm³/mol. The Labute approximate surface area is 159 Å². The number of amides is 1. The van der Waals surface area contributed by atoms with Crippen molar-refractivity contribution in [2.45, 2.75) is 56.2 Å². The van der Waals surface area contributed by atoms with Crippen LogP contribution in [0.4, 0.5) is 4.39 Å². The summed E-state index contributed by atoms with van der Waals surface area (Å²) in [4.78, 5) is 12.2. The van der Waals surface area contributed by atoms with Gasteiger partial charge in [0.1, 0.15) is 5.82 Å². The summed E-state index contributed by atoms with van der Waals surface area (Å²) < 4.78 is 39.7. The quantitative estimate of drug-likeness (QED) is 0.654. The van der Waals surface area contributed by atoms with Gasteiger partial charge in [-0.2, -0.15) is 4.31 Å². The van der Waals surface area contributed by atoms with E-state index in [0.29, 0.717) is 19.3 Å². The number of nitrogens with zero attached hydrogens (tertiary/aromatic N) is 1. The lowest BCUT2D eigenvalue weighted by Crippen LogP contribution is -2.51. The fourth-order valence-electron chi connectivity index (χ4n) is 3.15. The largest absolute Gasteiger partial charge is 0.390 e. The Morgan fingerprint density at radius 2 is 2.00 bits per heavy atom. The molecule has 1 aromatic rings. The molecule has 2 rings (SSSR count). The molecule has 0 aromatic heterocycles. The Kier molecular flexibility index (Phi) is 7.32. The highest BCUT2D eigenvalue weighted by Crippen LogP contribution is 2.21. The number of carbonyl (C=O) groups is 1. The first kappa shape index (κ1) is 21.7. The van der Waals surface area contributed by atoms with Crippen molar-refractivity contribution in [3.8, 4) is 0 Å². The minimum Gasteiger partial charge on any atom is -0.390 e. The van der Waals surface area contributed by atoms with Crippen LogP contribution in [0.5, 0.6) is 0 Å². The summed E-state index contributed by atoms with van der Waals surface area (Å²) in [6.07, 6.45) is 0.385. The molecule has 2 unspecified atom stereocenters. The van der Waals surface area contributed by atoms with Gasteiger partial charge in [0, 0.05) is 13.1 Å². The standard InChI is InChI=1S/C18H28FN3O4S/c1-12(2)10-15(20)18(24)21-16-4-3-9-22(11-17(16)23)27(25,26)14-7-5-13(19)6-8-14/h5-8,12,15-17,23H,3-4,9-11,20H2,1-2H3,(H,21,24)/t15-,16?,17?/m0/s1. The fourth-order valence-corrected chi connectivity index (χ4v) is 4.65. The minimum atomic E-state index is -3.85. The van der Waals surface area contributed by atoms with Crippen molar-refractivity contribution in [1.29, 1.82) is 0 Å². The van der Waals surface area contributed by atoms with E-state index in [2.05, 4.69) is 5.32 Å². The first-order chi connectivity index (χ1) is 12.6. The van der Waals surface area contributed by atoms with Crippen LogP contribution in [0.15, 0.2) is 29.2 Å². The van der Waals surface area contributed by atoms with Gasteiger partial charge in [0.25, 0.3) is 0 Å². The van der Waals surface area contributed by atoms with Gasteiger partial charge in [0.15, 0.2) is 0 Å². The molecular formula is C18H28FN3O4S. The maximum atomic E-state index is 13.1. The van der Waals surface area contributed by atoms with E-state index in [1.165, 1.54) is 16.4 Å². The van der Waals surface area contributed by atoms with Crippen LogP contribution in [0.3, 0.4) is 0 Å². The monoisotopic (exact) mass is 401 g/mol. The first-order valence-corrected chi connectivity index (χ1v) is 10.5. The van der Waals surface area contributed by atoms with Gasteiger partial charge in [-0.15, -0.1) is 0 Å². The molecule has 1 heterocycles. The molecular weight excluding hydrogens is 373 g/mol. The maximum absolute atomic E-state index is 13.1. The van der Waals surface area contributed by atoms with Crippen molar-refractivity contribution in [3.05, 3.63) is 30.1 Å². The molecule has 9 heteroatoms. The molecule has 4 N–H and O–H groups in total. The number of aliphatic hydroxyl groups excluding tert-OH is 1. The van der Waals surface area contributed by atoms with E-state index in [4.69, 9.17) is 5.73 Å². The second-order valence-corrected chi connectivity index (χ2v) is 9.32. The van der Waals surface area contributed by atoms with E-state index >= 15 is 0 Å². The number of aliphatic hydroxyl groups is 1. The number of hydrogen-bond donors (Lipinski definition) is 3. The number of β-amino-alcohol motifs (C(OH)–C–C–N with tert-alkyl or cyclic N) is 1. The van der Waals surface area contributed by atoms with Crippen molar-refractivity contribution >= 4 is 15.9 Å². The van der Waals surface area contributed by atoms with Crippen LogP contribution in [-0.4, -0.2) is 55.0 Å². The molecule has 0 bridgehead atoms. The molecule has 0 saturated carbocycles. The van der Waals surface area contributed by atoms with Crippen molar-refractivity contribution in [1.82, 2.24) is 9.62 Å². The summed E-state index contributed by atoms with van der Waals surface area (Å²) in [7, 11) is -3.85. The lowest BCUT2D eigenvalue weighted by molar-refractivity contribution is -0.124. The van der Waals surface area contributed by atoms with Crippen molar-refractivity contribution in [3.63, 3.8) is 0 Å². The summed E-state index contributed by atoms with van der Waals surface area (Å²) in [6.45, 7) is 3.99. The van der Waals surface area contributed by atoms with Gasteiger partial charge in [-0.3, -0.25) is 4.79 Å². The van der Waals surface area contributed by atoms with Gasteiger partial charge in [-0.25, -0.2) is 12.8 Å². The highest BCUT2D eigenvalue weighted by atomic mass is 32.2. The number of hydrogen-bond acceptors (Lipinski definition) is 5. The number of nitrogens with one attached hydrogen (secondary N) is 1. The normalized spacial score (nSPS) is 23.0. The van der Waals surface area contributed by atoms with E-state index in [9.17, 15) is 22.7 Å². The van der Waals surface area contributed by atoms with Crippen LogP contribution < -0.4 is 11.1 Å². The molecule has 1 saturated heterocycles. The van der Waals surface area contributed by atoms with Gasteiger partial charge in [0.05, 0.1) is 23.1 Å². The molecule has 1 fully saturated rings. The van der Waals surface area contributed by atoms with Crippen LogP contribution in [0.1, 0.15) is 33.1 Å². The molecule has 7 nitrogen and oxygen atoms in total. The number of carbonyl (C=O) groups excluding carboxylic acids is 1. The number of sulfonamides is 1. The van der Waals surface area contributed by atoms with E-state index < -0.39 is 34.0 Å². The SMILES string of the molecule is CC(C)C[C@H](N)C(=O)NC1CCCN(S(=O)(=O)c2ccc(F)cc2)CC1O. The molecule has 0 radical (unpaired) electrons. The highest BCUT2D eigenvalue weighted by Gasteiger charge is 2.33. The Morgan fingerprint density at radius 1 is 1.37 bits per heavy atom. The topological polar surface area (TPSA) is 113 Å². The lowest BCUT2D eigenvalue weighted by atomic mass is 10.0. The van der Waals surface area contributed by atoms with Crippen molar-refractivity contribution in [2.24, 2.45) is 11.7 Å². The minimum absolute atomic E-state index is 0.0301. The number of benzene rings is 1. The smallest absolute Gasteiger partial charge is 0.243 e. The van der Waals surface area contributed by atoms with Gasteiger partial charge in [-0.1, -0.05) is 13.8 Å². The Morgan fingerprint density at radius 3 is 2.59 bits per heavy atom. The van der Waals surface area contributed by atoms with E-state index in [1.807, 2.05) is 13.8 Å². The summed E-state index contributed by atoms with van der Waals surface area (Å²) in [5.41, 5.74) is 5.87. The fraction of sp³-hybridized carbons (Fsp3) is 0.611. The van der Waals surface area contributed by atoms with E-state index in [1.54, 1.807) is 0 Å². The second-order valence-electron chi connectivity index (χ2n) is 7.38. The molecule has 152 valence electrons. The van der Waals surface area contributed by atoms with Crippen LogP contribution in [-0.2, 0) is 14.8 Å². The van der Waals surface area contributed by atoms with E-state index in [-0.39, 0.29) is 29.8 Å². The van der Waals surface area contributed by atoms with Crippen LogP contribution in [0.25, 0.3) is 0 Å². The van der Waals surface area contributed by atoms with Gasteiger partial charge in [-0.05, 0) is 49.4 Å². The summed E-state index contributed by atoms with van der Waals surface area (Å²) >= 11 is 0. The number of rotatable bonds is 6. The molecule has 27 heavy (non-hydrogen) atoms. The van der Waals surface area contributed by atoms with Crippen LogP contribution in [0, 0.1) is 11.7 Å². The molecule has 1 aliphatic rings. The van der Waals surface area contributed by atoms with Gasteiger partial charge in [0.2, 0.25) is 15.9 Å². The average molecular weight is 402 g/mol. The first-order valence-electron chi connectivity index (χ1n) is 9.11. The van der Waals surface area contributed by atoms with Crippen LogP contribution >= 0.6 is 0 Å². The Balaban J connectivity index is 2.06. The van der Waals surface area contributed by atoms with Gasteiger partial charge >= 0.3 is 0 Å². The third-order valence-electron chi connectivity index (χ3n) is 4.62. The molecule has 3 atom stereocenters. The maximum Gasteiger partial charge on any atom is 0.243 e. The van der Waals surface area contributed by atoms with Crippen molar-refractivity contribution in [2.75, 3.05) is 13.1 Å². The lowest BCUT2D eigenvalue weighted by Gasteiger charge is -2.26. The van der Waals surface area contributed by atoms with Crippen molar-refractivity contribution < 1.29 is 22.7 Å². The Bertz CT molecular complexity index is 739. The van der Waals surface area contributed by atoms with Gasteiger partial charge < -0.3 is 16.2 Å². The number of halogens is 1. The third kappa shape index (κ3) is 5.71. The molecule has 1 amide bonds. The third-order valence-corrected chi connectivity index (χ3v) is 6.50. The summed E-state index contributed by atoms with van der Waals surface area (Å²) in [6, 6.07) is 3.34. The average Bonchev–Trinajstić information content (AvgIpc) is 2.77. The highest BCUT2D eigenvalue weighted by molar-refractivity contribution is 7.89. The zero-order chi connectivity index (χ0) is 20.2. The zero-order valence-electron chi connectivity index (χ0n) is 15.6. The summed E-state index contributed by atoms with van der Waals surface area (Å²) in [5, 5.41) is 13.2. The number of nitrogens with two attached hydrogens (primary N) is 1. The molecule has 1 aromatic carbocycles. The summed E-state index contributed by atoms with van der Waals surface area (Å²) in [5.74, 6) is -0.603. The zero-order valence-corrected chi connectivity index (χ0v) is 16.5.